The number of rotatable bonds is 6. The van der Waals surface area contributed by atoms with Gasteiger partial charge in [-0.05, 0) is 37.6 Å². The summed E-state index contributed by atoms with van der Waals surface area (Å²) in [5, 5.41) is 6.86. The molecule has 0 spiro atoms. The van der Waals surface area contributed by atoms with Crippen LogP contribution in [0.4, 0.5) is 5.69 Å². The molecule has 1 aromatic rings. The predicted molar refractivity (Wildman–Crippen MR) is 73.3 cm³/mol. The third kappa shape index (κ3) is 4.20. The van der Waals surface area contributed by atoms with Crippen molar-refractivity contribution in [1.29, 1.82) is 0 Å². The number of morpholine rings is 1. The van der Waals surface area contributed by atoms with Gasteiger partial charge in [-0.3, -0.25) is 0 Å². The standard InChI is InChI=1S/C14H22N2O2/c1-2-18-14-5-3-12(4-6-14)15-8-7-13-11-17-10-9-16-13/h3-6,13,15-16H,2,7-11H2,1H3. The second-order valence-electron chi connectivity index (χ2n) is 4.40. The second kappa shape index (κ2) is 7.24. The fourth-order valence-corrected chi connectivity index (χ4v) is 2.03. The van der Waals surface area contributed by atoms with Crippen molar-refractivity contribution in [2.75, 3.05) is 38.2 Å². The summed E-state index contributed by atoms with van der Waals surface area (Å²) in [7, 11) is 0. The summed E-state index contributed by atoms with van der Waals surface area (Å²) in [5.41, 5.74) is 1.13. The Morgan fingerprint density at radius 2 is 2.22 bits per heavy atom. The summed E-state index contributed by atoms with van der Waals surface area (Å²) in [4.78, 5) is 0. The lowest BCUT2D eigenvalue weighted by Gasteiger charge is -2.23. The van der Waals surface area contributed by atoms with E-state index in [4.69, 9.17) is 9.47 Å². The normalized spacial score (nSPS) is 19.5. The van der Waals surface area contributed by atoms with Crippen molar-refractivity contribution in [2.24, 2.45) is 0 Å². The molecule has 0 aliphatic carbocycles. The monoisotopic (exact) mass is 250 g/mol. The molecular weight excluding hydrogens is 228 g/mol. The van der Waals surface area contributed by atoms with Crippen LogP contribution in [0.25, 0.3) is 0 Å². The van der Waals surface area contributed by atoms with Crippen molar-refractivity contribution in [3.05, 3.63) is 24.3 Å². The van der Waals surface area contributed by atoms with Gasteiger partial charge in [0.15, 0.2) is 0 Å². The van der Waals surface area contributed by atoms with Crippen molar-refractivity contribution in [3.63, 3.8) is 0 Å². The van der Waals surface area contributed by atoms with Crippen LogP contribution >= 0.6 is 0 Å². The topological polar surface area (TPSA) is 42.5 Å². The first-order valence-corrected chi connectivity index (χ1v) is 6.66. The highest BCUT2D eigenvalue weighted by Crippen LogP contribution is 2.15. The zero-order valence-corrected chi connectivity index (χ0v) is 10.9. The largest absolute Gasteiger partial charge is 0.494 e. The molecule has 4 nitrogen and oxygen atoms in total. The van der Waals surface area contributed by atoms with Crippen molar-refractivity contribution in [1.82, 2.24) is 5.32 Å². The minimum absolute atomic E-state index is 0.481. The Kier molecular flexibility index (Phi) is 5.30. The summed E-state index contributed by atoms with van der Waals surface area (Å²) in [6.07, 6.45) is 1.08. The molecule has 1 aliphatic heterocycles. The van der Waals surface area contributed by atoms with E-state index in [0.717, 1.165) is 44.2 Å². The molecule has 0 saturated carbocycles. The Labute approximate surface area is 109 Å². The van der Waals surface area contributed by atoms with E-state index in [0.29, 0.717) is 12.6 Å². The quantitative estimate of drug-likeness (QED) is 0.809. The molecule has 1 heterocycles. The van der Waals surface area contributed by atoms with Gasteiger partial charge in [0.2, 0.25) is 0 Å². The summed E-state index contributed by atoms with van der Waals surface area (Å²) in [5.74, 6) is 0.922. The number of anilines is 1. The highest BCUT2D eigenvalue weighted by molar-refractivity contribution is 5.46. The van der Waals surface area contributed by atoms with Gasteiger partial charge >= 0.3 is 0 Å². The first-order chi connectivity index (χ1) is 8.88. The van der Waals surface area contributed by atoms with E-state index in [1.807, 2.05) is 19.1 Å². The molecule has 2 N–H and O–H groups in total. The molecule has 1 aliphatic rings. The van der Waals surface area contributed by atoms with E-state index in [-0.39, 0.29) is 0 Å². The van der Waals surface area contributed by atoms with Gasteiger partial charge in [0.1, 0.15) is 5.75 Å². The lowest BCUT2D eigenvalue weighted by Crippen LogP contribution is -2.42. The van der Waals surface area contributed by atoms with Crippen molar-refractivity contribution in [2.45, 2.75) is 19.4 Å². The Morgan fingerprint density at radius 1 is 1.39 bits per heavy atom. The number of benzene rings is 1. The third-order valence-corrected chi connectivity index (χ3v) is 2.99. The lowest BCUT2D eigenvalue weighted by atomic mass is 10.2. The number of hydrogen-bond donors (Lipinski definition) is 2. The highest BCUT2D eigenvalue weighted by atomic mass is 16.5. The first kappa shape index (κ1) is 13.2. The van der Waals surface area contributed by atoms with E-state index < -0.39 is 0 Å². The van der Waals surface area contributed by atoms with Gasteiger partial charge in [-0.2, -0.15) is 0 Å². The molecule has 0 amide bonds. The van der Waals surface area contributed by atoms with E-state index >= 15 is 0 Å². The average molecular weight is 250 g/mol. The van der Waals surface area contributed by atoms with Crippen LogP contribution in [-0.2, 0) is 4.74 Å². The molecule has 1 unspecified atom stereocenters. The van der Waals surface area contributed by atoms with E-state index in [2.05, 4.69) is 22.8 Å². The molecule has 2 rings (SSSR count). The number of ether oxygens (including phenoxy) is 2. The fraction of sp³-hybridized carbons (Fsp3) is 0.571. The van der Waals surface area contributed by atoms with Crippen LogP contribution in [0.2, 0.25) is 0 Å². The molecule has 0 bridgehead atoms. The average Bonchev–Trinajstić information content (AvgIpc) is 2.42. The van der Waals surface area contributed by atoms with Crippen LogP contribution < -0.4 is 15.4 Å². The fourth-order valence-electron chi connectivity index (χ4n) is 2.03. The molecule has 1 aromatic carbocycles. The van der Waals surface area contributed by atoms with E-state index in [9.17, 15) is 0 Å². The SMILES string of the molecule is CCOc1ccc(NCCC2COCCN2)cc1. The maximum absolute atomic E-state index is 5.42. The second-order valence-corrected chi connectivity index (χ2v) is 4.40. The minimum Gasteiger partial charge on any atom is -0.494 e. The van der Waals surface area contributed by atoms with Crippen LogP contribution in [-0.4, -0.2) is 39.0 Å². The Balaban J connectivity index is 1.69. The van der Waals surface area contributed by atoms with Crippen LogP contribution in [0.15, 0.2) is 24.3 Å². The van der Waals surface area contributed by atoms with Gasteiger partial charge in [0, 0.05) is 24.8 Å². The molecular formula is C14H22N2O2. The van der Waals surface area contributed by atoms with Crippen molar-refractivity contribution >= 4 is 5.69 Å². The maximum atomic E-state index is 5.42. The van der Waals surface area contributed by atoms with Gasteiger partial charge in [0.25, 0.3) is 0 Å². The lowest BCUT2D eigenvalue weighted by molar-refractivity contribution is 0.0753. The number of hydrogen-bond acceptors (Lipinski definition) is 4. The van der Waals surface area contributed by atoms with E-state index in [1.165, 1.54) is 0 Å². The van der Waals surface area contributed by atoms with Crippen molar-refractivity contribution < 1.29 is 9.47 Å². The van der Waals surface area contributed by atoms with Crippen LogP contribution in [0, 0.1) is 0 Å². The summed E-state index contributed by atoms with van der Waals surface area (Å²) < 4.78 is 10.8. The Hall–Kier alpha value is -1.26. The zero-order valence-electron chi connectivity index (χ0n) is 10.9. The first-order valence-electron chi connectivity index (χ1n) is 6.66. The number of nitrogens with one attached hydrogen (secondary N) is 2. The Morgan fingerprint density at radius 3 is 2.89 bits per heavy atom. The zero-order chi connectivity index (χ0) is 12.6. The third-order valence-electron chi connectivity index (χ3n) is 2.99. The van der Waals surface area contributed by atoms with Gasteiger partial charge in [0.05, 0.1) is 19.8 Å². The Bertz CT molecular complexity index is 334. The molecule has 4 heteroatoms. The van der Waals surface area contributed by atoms with Gasteiger partial charge in [-0.1, -0.05) is 0 Å². The summed E-state index contributed by atoms with van der Waals surface area (Å²) in [6, 6.07) is 8.57. The summed E-state index contributed by atoms with van der Waals surface area (Å²) >= 11 is 0. The van der Waals surface area contributed by atoms with Crippen LogP contribution in [0.5, 0.6) is 5.75 Å². The molecule has 1 atom stereocenters. The predicted octanol–water partition coefficient (Wildman–Crippen LogP) is 1.88. The minimum atomic E-state index is 0.481. The van der Waals surface area contributed by atoms with Gasteiger partial charge in [-0.25, -0.2) is 0 Å². The molecule has 100 valence electrons. The van der Waals surface area contributed by atoms with Crippen LogP contribution in [0.1, 0.15) is 13.3 Å². The molecule has 18 heavy (non-hydrogen) atoms. The van der Waals surface area contributed by atoms with E-state index in [1.54, 1.807) is 0 Å². The summed E-state index contributed by atoms with van der Waals surface area (Å²) in [6.45, 7) is 6.28. The maximum Gasteiger partial charge on any atom is 0.119 e. The molecule has 1 fully saturated rings. The van der Waals surface area contributed by atoms with Crippen LogP contribution in [0.3, 0.4) is 0 Å². The smallest absolute Gasteiger partial charge is 0.119 e. The highest BCUT2D eigenvalue weighted by Gasteiger charge is 2.11. The molecule has 1 saturated heterocycles. The van der Waals surface area contributed by atoms with Gasteiger partial charge < -0.3 is 20.1 Å². The molecule has 0 aromatic heterocycles. The van der Waals surface area contributed by atoms with Crippen molar-refractivity contribution in [3.8, 4) is 5.75 Å². The van der Waals surface area contributed by atoms with Gasteiger partial charge in [-0.15, -0.1) is 0 Å². The molecule has 0 radical (unpaired) electrons.